The molecule has 0 aliphatic heterocycles. The van der Waals surface area contributed by atoms with Crippen LogP contribution in [0.3, 0.4) is 0 Å². The maximum atomic E-state index is 12.3. The molecule has 2 aromatic carbocycles. The van der Waals surface area contributed by atoms with E-state index in [9.17, 15) is 23.7 Å². The fourth-order valence-corrected chi connectivity index (χ4v) is 2.27. The van der Waals surface area contributed by atoms with Crippen LogP contribution in [0.4, 0.5) is 14.5 Å². The highest BCUT2D eigenvalue weighted by Gasteiger charge is 2.18. The van der Waals surface area contributed by atoms with Crippen molar-refractivity contribution in [3.63, 3.8) is 0 Å². The van der Waals surface area contributed by atoms with E-state index in [1.165, 1.54) is 23.1 Å². The van der Waals surface area contributed by atoms with Crippen LogP contribution < -0.4 is 4.74 Å². The van der Waals surface area contributed by atoms with Gasteiger partial charge in [-0.1, -0.05) is 30.3 Å². The van der Waals surface area contributed by atoms with Crippen LogP contribution in [0, 0.1) is 10.1 Å². The van der Waals surface area contributed by atoms with E-state index >= 15 is 0 Å². The number of benzene rings is 2. The molecule has 0 aliphatic rings. The van der Waals surface area contributed by atoms with Gasteiger partial charge in [-0.25, -0.2) is 0 Å². The number of nitrogens with zero attached hydrogens (tertiary/aromatic N) is 2. The summed E-state index contributed by atoms with van der Waals surface area (Å²) in [6.07, 6.45) is -0.0970. The molecule has 0 saturated heterocycles. The number of hydrogen-bond donors (Lipinski definition) is 0. The lowest BCUT2D eigenvalue weighted by Crippen LogP contribution is -2.27. The molecule has 0 aromatic heterocycles. The quantitative estimate of drug-likeness (QED) is 0.567. The number of carbonyl (C=O) groups is 1. The smallest absolute Gasteiger partial charge is 0.387 e. The number of halogens is 2. The molecule has 1 amide bonds. The molecule has 0 unspecified atom stereocenters. The molecule has 25 heavy (non-hydrogen) atoms. The third kappa shape index (κ3) is 5.23. The summed E-state index contributed by atoms with van der Waals surface area (Å²) in [4.78, 5) is 24.2. The molecule has 0 bridgehead atoms. The van der Waals surface area contributed by atoms with E-state index in [4.69, 9.17) is 0 Å². The Balaban J connectivity index is 2.00. The number of rotatable bonds is 7. The molecule has 0 heterocycles. The summed E-state index contributed by atoms with van der Waals surface area (Å²) in [5.74, 6) is -0.255. The topological polar surface area (TPSA) is 72.7 Å². The van der Waals surface area contributed by atoms with Crippen LogP contribution >= 0.6 is 0 Å². The zero-order chi connectivity index (χ0) is 18.4. The van der Waals surface area contributed by atoms with Gasteiger partial charge in [0.2, 0.25) is 5.91 Å². The summed E-state index contributed by atoms with van der Waals surface area (Å²) in [5.41, 5.74) is 0.961. The van der Waals surface area contributed by atoms with Crippen molar-refractivity contribution in [2.45, 2.75) is 19.6 Å². The minimum absolute atomic E-state index is 0.0349. The van der Waals surface area contributed by atoms with E-state index < -0.39 is 11.5 Å². The SMILES string of the molecule is CN(Cc1ccc(OC(F)F)cc1)C(=O)Cc1ccccc1[N+](=O)[O-]. The van der Waals surface area contributed by atoms with Gasteiger partial charge in [0.1, 0.15) is 5.75 Å². The summed E-state index contributed by atoms with van der Waals surface area (Å²) >= 11 is 0. The molecule has 0 radical (unpaired) electrons. The second-order valence-electron chi connectivity index (χ2n) is 5.33. The third-order valence-electron chi connectivity index (χ3n) is 3.52. The molecule has 132 valence electrons. The number of ether oxygens (including phenoxy) is 1. The Morgan fingerprint density at radius 3 is 2.44 bits per heavy atom. The van der Waals surface area contributed by atoms with Gasteiger partial charge in [-0.2, -0.15) is 8.78 Å². The van der Waals surface area contributed by atoms with Crippen molar-refractivity contribution in [3.8, 4) is 5.75 Å². The number of nitro groups is 1. The normalized spacial score (nSPS) is 10.6. The largest absolute Gasteiger partial charge is 0.435 e. The van der Waals surface area contributed by atoms with Gasteiger partial charge >= 0.3 is 6.61 Å². The third-order valence-corrected chi connectivity index (χ3v) is 3.52. The first-order valence-electron chi connectivity index (χ1n) is 7.37. The van der Waals surface area contributed by atoms with Crippen molar-refractivity contribution in [1.82, 2.24) is 4.90 Å². The van der Waals surface area contributed by atoms with Gasteiger partial charge < -0.3 is 9.64 Å². The molecule has 0 N–H and O–H groups in total. The summed E-state index contributed by atoms with van der Waals surface area (Å²) in [6.45, 7) is -2.65. The average Bonchev–Trinajstić information content (AvgIpc) is 2.56. The van der Waals surface area contributed by atoms with Crippen molar-refractivity contribution in [2.24, 2.45) is 0 Å². The molecule has 2 aromatic rings. The van der Waals surface area contributed by atoms with Gasteiger partial charge in [-0.05, 0) is 17.7 Å². The first kappa shape index (κ1) is 18.3. The Morgan fingerprint density at radius 2 is 1.84 bits per heavy atom. The minimum Gasteiger partial charge on any atom is -0.435 e. The van der Waals surface area contributed by atoms with Crippen LogP contribution in [0.15, 0.2) is 48.5 Å². The summed E-state index contributed by atoms with van der Waals surface area (Å²) in [7, 11) is 1.57. The predicted molar refractivity (Wildman–Crippen MR) is 86.3 cm³/mol. The Hall–Kier alpha value is -3.03. The van der Waals surface area contributed by atoms with E-state index in [0.29, 0.717) is 5.56 Å². The molecule has 0 atom stereocenters. The molecule has 8 heteroatoms. The van der Waals surface area contributed by atoms with Crippen LogP contribution in [-0.2, 0) is 17.8 Å². The number of carbonyl (C=O) groups excluding carboxylic acids is 1. The standard InChI is InChI=1S/C17H16F2N2O4/c1-20(11-12-6-8-14(9-7-12)25-17(18)19)16(22)10-13-4-2-3-5-15(13)21(23)24/h2-9,17H,10-11H2,1H3. The van der Waals surface area contributed by atoms with Crippen LogP contribution in [0.1, 0.15) is 11.1 Å². The Labute approximate surface area is 142 Å². The Bertz CT molecular complexity index is 751. The van der Waals surface area contributed by atoms with Crippen LogP contribution in [0.2, 0.25) is 0 Å². The maximum Gasteiger partial charge on any atom is 0.387 e. The van der Waals surface area contributed by atoms with Gasteiger partial charge in [-0.3, -0.25) is 14.9 Å². The van der Waals surface area contributed by atoms with Crippen molar-refractivity contribution in [2.75, 3.05) is 7.05 Å². The average molecular weight is 350 g/mol. The molecule has 0 fully saturated rings. The van der Waals surface area contributed by atoms with Crippen LogP contribution in [0.5, 0.6) is 5.75 Å². The van der Waals surface area contributed by atoms with E-state index in [2.05, 4.69) is 4.74 Å². The summed E-state index contributed by atoms with van der Waals surface area (Å²) < 4.78 is 28.5. The maximum absolute atomic E-state index is 12.3. The molecule has 0 aliphatic carbocycles. The number of likely N-dealkylation sites (N-methyl/N-ethyl adjacent to an activating group) is 1. The molecule has 0 spiro atoms. The van der Waals surface area contributed by atoms with Crippen molar-refractivity contribution in [1.29, 1.82) is 0 Å². The van der Waals surface area contributed by atoms with E-state index in [-0.39, 0.29) is 30.3 Å². The highest BCUT2D eigenvalue weighted by atomic mass is 19.3. The molecule has 6 nitrogen and oxygen atoms in total. The molecular weight excluding hydrogens is 334 g/mol. The number of alkyl halides is 2. The lowest BCUT2D eigenvalue weighted by molar-refractivity contribution is -0.385. The minimum atomic E-state index is -2.89. The van der Waals surface area contributed by atoms with E-state index in [1.807, 2.05) is 0 Å². The number of amides is 1. The summed E-state index contributed by atoms with van der Waals surface area (Å²) in [6, 6.07) is 12.0. The van der Waals surface area contributed by atoms with Crippen molar-refractivity contribution < 1.29 is 23.2 Å². The van der Waals surface area contributed by atoms with Crippen molar-refractivity contribution in [3.05, 3.63) is 69.8 Å². The zero-order valence-corrected chi connectivity index (χ0v) is 13.4. The lowest BCUT2D eigenvalue weighted by Gasteiger charge is -2.17. The van der Waals surface area contributed by atoms with Crippen molar-refractivity contribution >= 4 is 11.6 Å². The van der Waals surface area contributed by atoms with Gasteiger partial charge in [0.25, 0.3) is 5.69 Å². The predicted octanol–water partition coefficient (Wildman–Crippen LogP) is 3.40. The number of hydrogen-bond acceptors (Lipinski definition) is 4. The number of nitro benzene ring substituents is 1. The van der Waals surface area contributed by atoms with Crippen LogP contribution in [0.25, 0.3) is 0 Å². The van der Waals surface area contributed by atoms with E-state index in [1.54, 1.807) is 37.4 Å². The van der Waals surface area contributed by atoms with Gasteiger partial charge in [0, 0.05) is 25.2 Å². The number of para-hydroxylation sites is 1. The zero-order valence-electron chi connectivity index (χ0n) is 13.4. The van der Waals surface area contributed by atoms with Gasteiger partial charge in [-0.15, -0.1) is 0 Å². The van der Waals surface area contributed by atoms with Gasteiger partial charge in [0.15, 0.2) is 0 Å². The van der Waals surface area contributed by atoms with Crippen LogP contribution in [-0.4, -0.2) is 29.4 Å². The summed E-state index contributed by atoms with van der Waals surface area (Å²) in [5, 5.41) is 11.0. The highest BCUT2D eigenvalue weighted by Crippen LogP contribution is 2.20. The highest BCUT2D eigenvalue weighted by molar-refractivity contribution is 5.79. The van der Waals surface area contributed by atoms with E-state index in [0.717, 1.165) is 5.56 Å². The lowest BCUT2D eigenvalue weighted by atomic mass is 10.1. The fraction of sp³-hybridized carbons (Fsp3) is 0.235. The Morgan fingerprint density at radius 1 is 1.20 bits per heavy atom. The van der Waals surface area contributed by atoms with Gasteiger partial charge in [0.05, 0.1) is 11.3 Å². The second kappa shape index (κ2) is 8.18. The first-order chi connectivity index (χ1) is 11.9. The molecular formula is C17H16F2N2O4. The Kier molecular flexibility index (Phi) is 5.99. The fourth-order valence-electron chi connectivity index (χ4n) is 2.27. The molecule has 2 rings (SSSR count). The monoisotopic (exact) mass is 350 g/mol. The second-order valence-corrected chi connectivity index (χ2v) is 5.33. The first-order valence-corrected chi connectivity index (χ1v) is 7.37. The molecule has 0 saturated carbocycles.